The Hall–Kier alpha value is -1.96. The molecule has 0 unspecified atom stereocenters. The quantitative estimate of drug-likeness (QED) is 0.729. The molecule has 3 rings (SSSR count). The molecule has 0 saturated carbocycles. The molecule has 0 spiro atoms. The van der Waals surface area contributed by atoms with Gasteiger partial charge in [0.15, 0.2) is 0 Å². The summed E-state index contributed by atoms with van der Waals surface area (Å²) in [5, 5.41) is 1.17. The zero-order valence-corrected chi connectivity index (χ0v) is 17.4. The Labute approximate surface area is 168 Å². The van der Waals surface area contributed by atoms with Crippen molar-refractivity contribution in [2.45, 2.75) is 26.3 Å². The Bertz CT molecular complexity index is 986. The van der Waals surface area contributed by atoms with Gasteiger partial charge in [0.25, 0.3) is 0 Å². The maximum Gasteiger partial charge on any atom is 0.234 e. The van der Waals surface area contributed by atoms with Gasteiger partial charge in [-0.2, -0.15) is 0 Å². The van der Waals surface area contributed by atoms with E-state index in [1.165, 1.54) is 5.41 Å². The molecule has 5 nitrogen and oxygen atoms in total. The molecule has 0 atom stereocenters. The normalized spacial score (nSPS) is 14.6. The molecule has 0 aromatic heterocycles. The lowest BCUT2D eigenvalue weighted by molar-refractivity contribution is -0.118. The molecule has 1 N–H and O–H groups in total. The number of halogens is 1. The van der Waals surface area contributed by atoms with E-state index in [1.807, 2.05) is 49.4 Å². The van der Waals surface area contributed by atoms with Crippen LogP contribution in [0.15, 0.2) is 52.3 Å². The maximum absolute atomic E-state index is 12.2. The van der Waals surface area contributed by atoms with Crippen LogP contribution >= 0.6 is 15.9 Å². The topological polar surface area (TPSA) is 66.5 Å². The van der Waals surface area contributed by atoms with Gasteiger partial charge in [-0.15, -0.1) is 0 Å². The smallest absolute Gasteiger partial charge is 0.234 e. The molecule has 27 heavy (non-hydrogen) atoms. The SMILES string of the molecule is CCN1C(=O)CCc2cc(CNS(=O)(=O)C=Cc3cccc(Br)c3)ccc21. The minimum atomic E-state index is -3.55. The van der Waals surface area contributed by atoms with Gasteiger partial charge in [0.1, 0.15) is 0 Å². The fourth-order valence-corrected chi connectivity index (χ4v) is 4.30. The summed E-state index contributed by atoms with van der Waals surface area (Å²) >= 11 is 3.36. The third-order valence-corrected chi connectivity index (χ3v) is 5.96. The van der Waals surface area contributed by atoms with Crippen molar-refractivity contribution in [2.75, 3.05) is 11.4 Å². The first-order chi connectivity index (χ1) is 12.9. The predicted molar refractivity (Wildman–Crippen MR) is 112 cm³/mol. The van der Waals surface area contributed by atoms with Crippen LogP contribution in [0.2, 0.25) is 0 Å². The van der Waals surface area contributed by atoms with E-state index in [2.05, 4.69) is 20.7 Å². The van der Waals surface area contributed by atoms with Gasteiger partial charge in [-0.25, -0.2) is 13.1 Å². The van der Waals surface area contributed by atoms with E-state index in [0.29, 0.717) is 19.4 Å². The summed E-state index contributed by atoms with van der Waals surface area (Å²) in [5.74, 6) is 0.135. The highest BCUT2D eigenvalue weighted by atomic mass is 79.9. The first-order valence-electron chi connectivity index (χ1n) is 8.73. The van der Waals surface area contributed by atoms with E-state index < -0.39 is 10.0 Å². The molecule has 1 aliphatic heterocycles. The van der Waals surface area contributed by atoms with Gasteiger partial charge in [-0.3, -0.25) is 4.79 Å². The van der Waals surface area contributed by atoms with Crippen molar-refractivity contribution in [1.29, 1.82) is 0 Å². The van der Waals surface area contributed by atoms with Gasteiger partial charge in [-0.1, -0.05) is 40.2 Å². The third kappa shape index (κ3) is 5.06. The first-order valence-corrected chi connectivity index (χ1v) is 11.1. The lowest BCUT2D eigenvalue weighted by atomic mass is 9.99. The second-order valence-corrected chi connectivity index (χ2v) is 8.89. The standard InChI is InChI=1S/C20H21BrN2O3S/c1-2-23-19-8-6-16(12-17(19)7-9-20(23)24)14-22-27(25,26)11-10-15-4-3-5-18(21)13-15/h3-6,8,10-13,22H,2,7,9,14H2,1H3. The second kappa shape index (κ2) is 8.37. The molecule has 1 aliphatic rings. The van der Waals surface area contributed by atoms with Crippen molar-refractivity contribution in [1.82, 2.24) is 4.72 Å². The Kier molecular flexibility index (Phi) is 6.14. The summed E-state index contributed by atoms with van der Waals surface area (Å²) in [6.07, 6.45) is 2.74. The van der Waals surface area contributed by atoms with E-state index in [4.69, 9.17) is 0 Å². The molecule has 2 aromatic carbocycles. The van der Waals surface area contributed by atoms with Crippen LogP contribution in [0.3, 0.4) is 0 Å². The number of sulfonamides is 1. The van der Waals surface area contributed by atoms with Crippen LogP contribution in [-0.2, 0) is 27.8 Å². The lowest BCUT2D eigenvalue weighted by Gasteiger charge is -2.28. The van der Waals surface area contributed by atoms with E-state index in [1.54, 1.807) is 11.0 Å². The average Bonchev–Trinajstić information content (AvgIpc) is 2.65. The van der Waals surface area contributed by atoms with Gasteiger partial charge in [0, 0.05) is 35.1 Å². The number of carbonyl (C=O) groups is 1. The maximum atomic E-state index is 12.2. The molecule has 1 heterocycles. The number of rotatable bonds is 6. The highest BCUT2D eigenvalue weighted by Crippen LogP contribution is 2.28. The molecule has 0 fully saturated rings. The number of fused-ring (bicyclic) bond motifs is 1. The number of hydrogen-bond donors (Lipinski definition) is 1. The molecule has 142 valence electrons. The fraction of sp³-hybridized carbons (Fsp3) is 0.250. The molecule has 0 saturated heterocycles. The van der Waals surface area contributed by atoms with Crippen molar-refractivity contribution >= 4 is 43.6 Å². The largest absolute Gasteiger partial charge is 0.312 e. The minimum Gasteiger partial charge on any atom is -0.312 e. The monoisotopic (exact) mass is 448 g/mol. The van der Waals surface area contributed by atoms with Gasteiger partial charge < -0.3 is 4.90 Å². The zero-order chi connectivity index (χ0) is 19.4. The number of aryl methyl sites for hydroxylation is 1. The van der Waals surface area contributed by atoms with Crippen LogP contribution in [0.1, 0.15) is 30.0 Å². The number of hydrogen-bond acceptors (Lipinski definition) is 3. The highest BCUT2D eigenvalue weighted by molar-refractivity contribution is 9.10. The third-order valence-electron chi connectivity index (χ3n) is 4.43. The molecule has 0 aliphatic carbocycles. The van der Waals surface area contributed by atoms with E-state index >= 15 is 0 Å². The molecular weight excluding hydrogens is 428 g/mol. The summed E-state index contributed by atoms with van der Waals surface area (Å²) in [6, 6.07) is 13.1. The number of anilines is 1. The summed E-state index contributed by atoms with van der Waals surface area (Å²) in [5.41, 5.74) is 3.68. The van der Waals surface area contributed by atoms with Crippen molar-refractivity contribution in [3.05, 3.63) is 69.0 Å². The molecule has 2 aromatic rings. The summed E-state index contributed by atoms with van der Waals surface area (Å²) in [7, 11) is -3.55. The predicted octanol–water partition coefficient (Wildman–Crippen LogP) is 3.84. The second-order valence-electron chi connectivity index (χ2n) is 6.32. The van der Waals surface area contributed by atoms with Crippen LogP contribution in [0.5, 0.6) is 0 Å². The van der Waals surface area contributed by atoms with Crippen molar-refractivity contribution < 1.29 is 13.2 Å². The van der Waals surface area contributed by atoms with E-state index in [9.17, 15) is 13.2 Å². The van der Waals surface area contributed by atoms with E-state index in [0.717, 1.165) is 26.9 Å². The lowest BCUT2D eigenvalue weighted by Crippen LogP contribution is -2.34. The van der Waals surface area contributed by atoms with Crippen LogP contribution in [-0.4, -0.2) is 20.9 Å². The number of nitrogens with zero attached hydrogens (tertiary/aromatic N) is 1. The zero-order valence-electron chi connectivity index (χ0n) is 15.0. The van der Waals surface area contributed by atoms with Crippen molar-refractivity contribution in [2.24, 2.45) is 0 Å². The molecular formula is C20H21BrN2O3S. The summed E-state index contributed by atoms with van der Waals surface area (Å²) in [6.45, 7) is 2.80. The highest BCUT2D eigenvalue weighted by Gasteiger charge is 2.22. The fourth-order valence-electron chi connectivity index (χ4n) is 3.08. The number of nitrogens with one attached hydrogen (secondary N) is 1. The molecule has 7 heteroatoms. The molecule has 0 bridgehead atoms. The van der Waals surface area contributed by atoms with Gasteiger partial charge in [0.05, 0.1) is 0 Å². The van der Waals surface area contributed by atoms with Crippen LogP contribution in [0, 0.1) is 0 Å². The van der Waals surface area contributed by atoms with Gasteiger partial charge in [0.2, 0.25) is 15.9 Å². The van der Waals surface area contributed by atoms with Crippen molar-refractivity contribution in [3.63, 3.8) is 0 Å². The Balaban J connectivity index is 1.68. The van der Waals surface area contributed by atoms with Crippen LogP contribution < -0.4 is 9.62 Å². The summed E-state index contributed by atoms with van der Waals surface area (Å²) < 4.78 is 27.9. The van der Waals surface area contributed by atoms with Crippen LogP contribution in [0.4, 0.5) is 5.69 Å². The molecule has 1 amide bonds. The van der Waals surface area contributed by atoms with Gasteiger partial charge in [-0.05, 0) is 54.3 Å². The van der Waals surface area contributed by atoms with E-state index in [-0.39, 0.29) is 12.5 Å². The van der Waals surface area contributed by atoms with Gasteiger partial charge >= 0.3 is 0 Å². The Morgan fingerprint density at radius 1 is 1.19 bits per heavy atom. The molecule has 0 radical (unpaired) electrons. The number of amides is 1. The van der Waals surface area contributed by atoms with Crippen molar-refractivity contribution in [3.8, 4) is 0 Å². The first kappa shape index (κ1) is 19.8. The minimum absolute atomic E-state index is 0.135. The Morgan fingerprint density at radius 2 is 2.00 bits per heavy atom. The number of carbonyl (C=O) groups excluding carboxylic acids is 1. The summed E-state index contributed by atoms with van der Waals surface area (Å²) in [4.78, 5) is 13.7. The number of benzene rings is 2. The Morgan fingerprint density at radius 3 is 2.74 bits per heavy atom. The van der Waals surface area contributed by atoms with Crippen LogP contribution in [0.25, 0.3) is 6.08 Å². The average molecular weight is 449 g/mol.